The molecule has 0 saturated carbocycles. The Hall–Kier alpha value is -1.96. The average molecular weight is 278 g/mol. The minimum absolute atomic E-state index is 0.199. The largest absolute Gasteiger partial charge is 0.375 e. The van der Waals surface area contributed by atoms with Crippen molar-refractivity contribution in [3.63, 3.8) is 0 Å². The molecule has 0 aromatic carbocycles. The summed E-state index contributed by atoms with van der Waals surface area (Å²) in [6.45, 7) is 2.81. The van der Waals surface area contributed by atoms with Crippen LogP contribution >= 0.6 is 11.3 Å². The van der Waals surface area contributed by atoms with Crippen LogP contribution in [0.3, 0.4) is 0 Å². The fourth-order valence-electron chi connectivity index (χ4n) is 2.22. The van der Waals surface area contributed by atoms with Crippen LogP contribution in [-0.4, -0.2) is 25.7 Å². The second-order valence-electron chi connectivity index (χ2n) is 4.50. The number of fused-ring (bicyclic) bond motifs is 1. The van der Waals surface area contributed by atoms with E-state index < -0.39 is 0 Å². The van der Waals surface area contributed by atoms with Gasteiger partial charge in [-0.05, 0) is 13.3 Å². The lowest BCUT2D eigenvalue weighted by atomic mass is 10.3. The highest BCUT2D eigenvalue weighted by molar-refractivity contribution is 7.13. The molecule has 1 amide bonds. The zero-order valence-electron chi connectivity index (χ0n) is 10.5. The molecular formula is C11H14N6OS. The summed E-state index contributed by atoms with van der Waals surface area (Å²) < 4.78 is 2.07. The average Bonchev–Trinajstić information content (AvgIpc) is 3.02. The van der Waals surface area contributed by atoms with Crippen molar-refractivity contribution in [3.05, 3.63) is 22.7 Å². The SMILES string of the molecule is CC(NC(=O)c1csc(N)n1)c1nnc2n1CCC2. The van der Waals surface area contributed by atoms with Gasteiger partial charge < -0.3 is 15.6 Å². The Labute approximate surface area is 113 Å². The smallest absolute Gasteiger partial charge is 0.271 e. The van der Waals surface area contributed by atoms with E-state index in [4.69, 9.17) is 5.73 Å². The van der Waals surface area contributed by atoms with Crippen molar-refractivity contribution in [1.29, 1.82) is 0 Å². The number of aryl methyl sites for hydroxylation is 1. The van der Waals surface area contributed by atoms with Crippen LogP contribution in [0.2, 0.25) is 0 Å². The number of hydrogen-bond donors (Lipinski definition) is 2. The molecule has 100 valence electrons. The molecule has 2 aromatic rings. The molecule has 0 saturated heterocycles. The number of nitrogens with zero attached hydrogens (tertiary/aromatic N) is 4. The highest BCUT2D eigenvalue weighted by atomic mass is 32.1. The van der Waals surface area contributed by atoms with Crippen LogP contribution < -0.4 is 11.1 Å². The number of anilines is 1. The van der Waals surface area contributed by atoms with E-state index in [0.29, 0.717) is 10.8 Å². The van der Waals surface area contributed by atoms with Gasteiger partial charge >= 0.3 is 0 Å². The molecule has 1 aliphatic rings. The first-order valence-corrected chi connectivity index (χ1v) is 6.97. The van der Waals surface area contributed by atoms with Crippen LogP contribution in [0.4, 0.5) is 5.13 Å². The standard InChI is InChI=1S/C11H14N6OS/c1-6(9-16-15-8-3-2-4-17(8)9)13-10(18)7-5-19-11(12)14-7/h5-6H,2-4H2,1H3,(H2,12,14)(H,13,18). The summed E-state index contributed by atoms with van der Waals surface area (Å²) in [7, 11) is 0. The molecule has 7 nitrogen and oxygen atoms in total. The van der Waals surface area contributed by atoms with Crippen molar-refractivity contribution in [1.82, 2.24) is 25.1 Å². The molecule has 1 unspecified atom stereocenters. The van der Waals surface area contributed by atoms with E-state index in [-0.39, 0.29) is 11.9 Å². The topological polar surface area (TPSA) is 98.7 Å². The van der Waals surface area contributed by atoms with E-state index in [0.717, 1.165) is 31.0 Å². The van der Waals surface area contributed by atoms with Gasteiger partial charge in [-0.2, -0.15) is 0 Å². The summed E-state index contributed by atoms with van der Waals surface area (Å²) in [5.41, 5.74) is 5.86. The Morgan fingerprint density at radius 3 is 3.16 bits per heavy atom. The molecule has 0 fully saturated rings. The Morgan fingerprint density at radius 1 is 1.58 bits per heavy atom. The summed E-state index contributed by atoms with van der Waals surface area (Å²) >= 11 is 1.25. The van der Waals surface area contributed by atoms with Crippen LogP contribution in [0.15, 0.2) is 5.38 Å². The number of thiazole rings is 1. The van der Waals surface area contributed by atoms with Gasteiger partial charge in [0.15, 0.2) is 11.0 Å². The summed E-state index contributed by atoms with van der Waals surface area (Å²) in [5, 5.41) is 13.2. The van der Waals surface area contributed by atoms with E-state index in [9.17, 15) is 4.79 Å². The zero-order valence-corrected chi connectivity index (χ0v) is 11.3. The number of aromatic nitrogens is 4. The fourth-order valence-corrected chi connectivity index (χ4v) is 2.76. The highest BCUT2D eigenvalue weighted by Gasteiger charge is 2.23. The third kappa shape index (κ3) is 2.19. The maximum Gasteiger partial charge on any atom is 0.271 e. The van der Waals surface area contributed by atoms with Gasteiger partial charge in [0.25, 0.3) is 5.91 Å². The Balaban J connectivity index is 1.74. The minimum Gasteiger partial charge on any atom is -0.375 e. The van der Waals surface area contributed by atoms with E-state index in [2.05, 4.69) is 25.1 Å². The molecule has 0 spiro atoms. The molecule has 1 aliphatic heterocycles. The maximum absolute atomic E-state index is 12.0. The van der Waals surface area contributed by atoms with Crippen molar-refractivity contribution in [2.24, 2.45) is 0 Å². The summed E-state index contributed by atoms with van der Waals surface area (Å²) in [5.74, 6) is 1.55. The highest BCUT2D eigenvalue weighted by Crippen LogP contribution is 2.19. The minimum atomic E-state index is -0.240. The van der Waals surface area contributed by atoms with Crippen LogP contribution in [0.25, 0.3) is 0 Å². The predicted octanol–water partition coefficient (Wildman–Crippen LogP) is 0.754. The number of carbonyl (C=O) groups is 1. The number of carbonyl (C=O) groups excluding carboxylic acids is 1. The van der Waals surface area contributed by atoms with Crippen molar-refractivity contribution in [2.45, 2.75) is 32.4 Å². The van der Waals surface area contributed by atoms with Crippen molar-refractivity contribution in [2.75, 3.05) is 5.73 Å². The number of nitrogen functional groups attached to an aromatic ring is 1. The molecule has 0 aliphatic carbocycles. The number of amides is 1. The lowest BCUT2D eigenvalue weighted by Crippen LogP contribution is -2.28. The van der Waals surface area contributed by atoms with Crippen LogP contribution in [-0.2, 0) is 13.0 Å². The Bertz CT molecular complexity index is 618. The van der Waals surface area contributed by atoms with Crippen LogP contribution in [0.5, 0.6) is 0 Å². The number of rotatable bonds is 3. The molecule has 1 atom stereocenters. The molecule has 2 aromatic heterocycles. The van der Waals surface area contributed by atoms with Crippen LogP contribution in [0, 0.1) is 0 Å². The van der Waals surface area contributed by atoms with Gasteiger partial charge in [0, 0.05) is 18.3 Å². The third-order valence-corrected chi connectivity index (χ3v) is 3.80. The van der Waals surface area contributed by atoms with Gasteiger partial charge in [-0.3, -0.25) is 4.79 Å². The molecule has 0 bridgehead atoms. The van der Waals surface area contributed by atoms with E-state index in [1.165, 1.54) is 11.3 Å². The first kappa shape index (κ1) is 12.1. The van der Waals surface area contributed by atoms with Crippen molar-refractivity contribution in [3.8, 4) is 0 Å². The number of nitrogens with two attached hydrogens (primary N) is 1. The monoisotopic (exact) mass is 278 g/mol. The predicted molar refractivity (Wildman–Crippen MR) is 70.8 cm³/mol. The molecule has 3 N–H and O–H groups in total. The first-order valence-electron chi connectivity index (χ1n) is 6.09. The maximum atomic E-state index is 12.0. The van der Waals surface area contributed by atoms with Gasteiger partial charge in [0.2, 0.25) is 0 Å². The molecule has 0 radical (unpaired) electrons. The molecule has 3 heterocycles. The number of hydrogen-bond acceptors (Lipinski definition) is 6. The lowest BCUT2D eigenvalue weighted by Gasteiger charge is -2.12. The van der Waals surface area contributed by atoms with Gasteiger partial charge in [0.1, 0.15) is 11.5 Å². The first-order chi connectivity index (χ1) is 9.15. The Morgan fingerprint density at radius 2 is 2.42 bits per heavy atom. The summed E-state index contributed by atoms with van der Waals surface area (Å²) in [6.07, 6.45) is 2.04. The molecule has 19 heavy (non-hydrogen) atoms. The quantitative estimate of drug-likeness (QED) is 0.863. The van der Waals surface area contributed by atoms with Gasteiger partial charge in [-0.15, -0.1) is 21.5 Å². The molecule has 3 rings (SSSR count). The molecule has 8 heteroatoms. The van der Waals surface area contributed by atoms with Crippen molar-refractivity contribution >= 4 is 22.4 Å². The van der Waals surface area contributed by atoms with Crippen LogP contribution in [0.1, 0.15) is 41.5 Å². The van der Waals surface area contributed by atoms with E-state index in [1.54, 1.807) is 5.38 Å². The summed E-state index contributed by atoms with van der Waals surface area (Å²) in [6, 6.07) is -0.199. The van der Waals surface area contributed by atoms with Gasteiger partial charge in [-0.1, -0.05) is 0 Å². The second-order valence-corrected chi connectivity index (χ2v) is 5.39. The van der Waals surface area contributed by atoms with E-state index >= 15 is 0 Å². The molecular weight excluding hydrogens is 264 g/mol. The van der Waals surface area contributed by atoms with E-state index in [1.807, 2.05) is 6.92 Å². The van der Waals surface area contributed by atoms with Crippen molar-refractivity contribution < 1.29 is 4.79 Å². The van der Waals surface area contributed by atoms with Gasteiger partial charge in [-0.25, -0.2) is 4.98 Å². The number of nitrogens with one attached hydrogen (secondary N) is 1. The fraction of sp³-hybridized carbons (Fsp3) is 0.455. The zero-order chi connectivity index (χ0) is 13.4. The van der Waals surface area contributed by atoms with Gasteiger partial charge in [0.05, 0.1) is 6.04 Å². The summed E-state index contributed by atoms with van der Waals surface area (Å²) in [4.78, 5) is 15.9. The Kier molecular flexibility index (Phi) is 2.94. The normalized spacial score (nSPS) is 15.2. The lowest BCUT2D eigenvalue weighted by molar-refractivity contribution is 0.0933. The second kappa shape index (κ2) is 4.61. The third-order valence-electron chi connectivity index (χ3n) is 3.13.